The van der Waals surface area contributed by atoms with Gasteiger partial charge < -0.3 is 5.11 Å². The highest BCUT2D eigenvalue weighted by Crippen LogP contribution is 2.26. The second kappa shape index (κ2) is 5.53. The van der Waals surface area contributed by atoms with Gasteiger partial charge >= 0.3 is 0 Å². The first-order valence-electron chi connectivity index (χ1n) is 4.98. The standard InChI is InChI=1S/C13H15IO/c1-3-4-5-10-13(2,15)11-6-8-12(14)9-7-11/h1,6-9,15H,4-5,10H2,2H3. The predicted molar refractivity (Wildman–Crippen MR) is 71.4 cm³/mol. The summed E-state index contributed by atoms with van der Waals surface area (Å²) in [6, 6.07) is 7.95. The van der Waals surface area contributed by atoms with Crippen LogP contribution in [0.3, 0.4) is 0 Å². The Kier molecular flexibility index (Phi) is 4.62. The van der Waals surface area contributed by atoms with Crippen molar-refractivity contribution in [1.82, 2.24) is 0 Å². The van der Waals surface area contributed by atoms with Gasteiger partial charge in [0, 0.05) is 9.99 Å². The van der Waals surface area contributed by atoms with Crippen molar-refractivity contribution in [3.05, 3.63) is 33.4 Å². The van der Waals surface area contributed by atoms with E-state index in [1.807, 2.05) is 31.2 Å². The molecule has 2 heteroatoms. The lowest BCUT2D eigenvalue weighted by Crippen LogP contribution is -2.20. The maximum absolute atomic E-state index is 10.2. The van der Waals surface area contributed by atoms with E-state index in [0.29, 0.717) is 6.42 Å². The summed E-state index contributed by atoms with van der Waals surface area (Å²) in [5.74, 6) is 2.59. The van der Waals surface area contributed by atoms with E-state index in [9.17, 15) is 5.11 Å². The van der Waals surface area contributed by atoms with E-state index in [2.05, 4.69) is 28.5 Å². The zero-order valence-electron chi connectivity index (χ0n) is 8.83. The zero-order chi connectivity index (χ0) is 11.3. The summed E-state index contributed by atoms with van der Waals surface area (Å²) in [5.41, 5.74) is 0.196. The van der Waals surface area contributed by atoms with Gasteiger partial charge in [0.05, 0.1) is 5.60 Å². The normalized spacial score (nSPS) is 14.3. The quantitative estimate of drug-likeness (QED) is 0.514. The molecule has 0 spiro atoms. The van der Waals surface area contributed by atoms with Gasteiger partial charge in [-0.15, -0.1) is 12.3 Å². The van der Waals surface area contributed by atoms with Crippen molar-refractivity contribution in [2.75, 3.05) is 0 Å². The Morgan fingerprint density at radius 3 is 2.53 bits per heavy atom. The van der Waals surface area contributed by atoms with E-state index in [-0.39, 0.29) is 0 Å². The third-order valence-electron chi connectivity index (χ3n) is 2.45. The van der Waals surface area contributed by atoms with E-state index in [1.165, 1.54) is 3.57 Å². The Morgan fingerprint density at radius 2 is 2.00 bits per heavy atom. The van der Waals surface area contributed by atoms with Crippen LogP contribution in [0.2, 0.25) is 0 Å². The molecule has 0 amide bonds. The topological polar surface area (TPSA) is 20.2 Å². The molecule has 1 aromatic rings. The zero-order valence-corrected chi connectivity index (χ0v) is 11.0. The Labute approximate surface area is 105 Å². The van der Waals surface area contributed by atoms with Crippen molar-refractivity contribution in [2.45, 2.75) is 31.8 Å². The van der Waals surface area contributed by atoms with E-state index < -0.39 is 5.60 Å². The Hall–Kier alpha value is -0.530. The summed E-state index contributed by atoms with van der Waals surface area (Å²) < 4.78 is 1.18. The van der Waals surface area contributed by atoms with Gasteiger partial charge in [-0.25, -0.2) is 0 Å². The van der Waals surface area contributed by atoms with E-state index in [4.69, 9.17) is 6.42 Å². The van der Waals surface area contributed by atoms with Crippen molar-refractivity contribution in [3.8, 4) is 12.3 Å². The van der Waals surface area contributed by atoms with Gasteiger partial charge in [-0.1, -0.05) is 12.1 Å². The van der Waals surface area contributed by atoms with E-state index in [1.54, 1.807) is 0 Å². The van der Waals surface area contributed by atoms with Crippen LogP contribution in [0.4, 0.5) is 0 Å². The molecule has 0 saturated heterocycles. The molecule has 1 nitrogen and oxygen atoms in total. The summed E-state index contributed by atoms with van der Waals surface area (Å²) in [6.07, 6.45) is 7.47. The minimum absolute atomic E-state index is 0.706. The molecular formula is C13H15IO. The SMILES string of the molecule is C#CCCCC(C)(O)c1ccc(I)cc1. The van der Waals surface area contributed by atoms with Crippen LogP contribution in [-0.2, 0) is 5.60 Å². The Bertz CT molecular complexity index is 346. The lowest BCUT2D eigenvalue weighted by Gasteiger charge is -2.23. The van der Waals surface area contributed by atoms with Crippen LogP contribution in [0.5, 0.6) is 0 Å². The average molecular weight is 314 g/mol. The van der Waals surface area contributed by atoms with Gasteiger partial charge in [0.2, 0.25) is 0 Å². The lowest BCUT2D eigenvalue weighted by molar-refractivity contribution is 0.0460. The molecule has 0 aliphatic rings. The Morgan fingerprint density at radius 1 is 1.40 bits per heavy atom. The molecule has 80 valence electrons. The number of rotatable bonds is 4. The summed E-state index contributed by atoms with van der Waals surface area (Å²) in [6.45, 7) is 1.84. The van der Waals surface area contributed by atoms with Crippen LogP contribution < -0.4 is 0 Å². The highest BCUT2D eigenvalue weighted by molar-refractivity contribution is 14.1. The minimum Gasteiger partial charge on any atom is -0.385 e. The fourth-order valence-electron chi connectivity index (χ4n) is 1.49. The highest BCUT2D eigenvalue weighted by atomic mass is 127. The monoisotopic (exact) mass is 314 g/mol. The molecule has 0 saturated carbocycles. The fraction of sp³-hybridized carbons (Fsp3) is 0.385. The molecule has 1 aromatic carbocycles. The summed E-state index contributed by atoms with van der Waals surface area (Å²) in [5, 5.41) is 10.2. The summed E-state index contributed by atoms with van der Waals surface area (Å²) >= 11 is 2.25. The molecule has 0 aliphatic heterocycles. The molecule has 0 fully saturated rings. The third-order valence-corrected chi connectivity index (χ3v) is 3.17. The minimum atomic E-state index is -0.763. The molecule has 15 heavy (non-hydrogen) atoms. The predicted octanol–water partition coefficient (Wildman–Crippen LogP) is 3.30. The second-order valence-electron chi connectivity index (χ2n) is 3.84. The lowest BCUT2D eigenvalue weighted by atomic mass is 9.91. The van der Waals surface area contributed by atoms with Crippen molar-refractivity contribution in [2.24, 2.45) is 0 Å². The van der Waals surface area contributed by atoms with Gasteiger partial charge in [0.25, 0.3) is 0 Å². The van der Waals surface area contributed by atoms with Gasteiger partial charge in [0.15, 0.2) is 0 Å². The number of benzene rings is 1. The molecule has 1 rings (SSSR count). The fourth-order valence-corrected chi connectivity index (χ4v) is 1.85. The van der Waals surface area contributed by atoms with Crippen LogP contribution >= 0.6 is 22.6 Å². The van der Waals surface area contributed by atoms with Crippen molar-refractivity contribution >= 4 is 22.6 Å². The van der Waals surface area contributed by atoms with Gasteiger partial charge in [0.1, 0.15) is 0 Å². The maximum Gasteiger partial charge on any atom is 0.0868 e. The van der Waals surface area contributed by atoms with Crippen molar-refractivity contribution in [1.29, 1.82) is 0 Å². The van der Waals surface area contributed by atoms with Gasteiger partial charge in [-0.2, -0.15) is 0 Å². The molecule has 0 aliphatic carbocycles. The van der Waals surface area contributed by atoms with Gasteiger partial charge in [-0.3, -0.25) is 0 Å². The van der Waals surface area contributed by atoms with Crippen molar-refractivity contribution < 1.29 is 5.11 Å². The summed E-state index contributed by atoms with van der Waals surface area (Å²) in [7, 11) is 0. The molecule has 0 radical (unpaired) electrons. The Balaban J connectivity index is 2.68. The number of hydrogen-bond acceptors (Lipinski definition) is 1. The number of terminal acetylenes is 1. The van der Waals surface area contributed by atoms with Crippen LogP contribution in [0.1, 0.15) is 31.7 Å². The van der Waals surface area contributed by atoms with Crippen LogP contribution in [0.15, 0.2) is 24.3 Å². The highest BCUT2D eigenvalue weighted by Gasteiger charge is 2.21. The summed E-state index contributed by atoms with van der Waals surface area (Å²) in [4.78, 5) is 0. The largest absolute Gasteiger partial charge is 0.385 e. The molecular weight excluding hydrogens is 299 g/mol. The first kappa shape index (κ1) is 12.5. The van der Waals surface area contributed by atoms with Crippen molar-refractivity contribution in [3.63, 3.8) is 0 Å². The van der Waals surface area contributed by atoms with E-state index in [0.717, 1.165) is 18.4 Å². The van der Waals surface area contributed by atoms with Crippen LogP contribution in [0.25, 0.3) is 0 Å². The molecule has 0 bridgehead atoms. The molecule has 1 atom stereocenters. The average Bonchev–Trinajstić information content (AvgIpc) is 2.18. The number of aliphatic hydroxyl groups is 1. The van der Waals surface area contributed by atoms with Crippen LogP contribution in [0, 0.1) is 15.9 Å². The molecule has 0 heterocycles. The maximum atomic E-state index is 10.2. The third kappa shape index (κ3) is 3.84. The smallest absolute Gasteiger partial charge is 0.0868 e. The number of halogens is 1. The van der Waals surface area contributed by atoms with Crippen LogP contribution in [-0.4, -0.2) is 5.11 Å². The first-order chi connectivity index (χ1) is 7.06. The molecule has 0 aromatic heterocycles. The van der Waals surface area contributed by atoms with Gasteiger partial charge in [-0.05, 0) is 60.1 Å². The molecule has 1 unspecified atom stereocenters. The molecule has 1 N–H and O–H groups in total. The second-order valence-corrected chi connectivity index (χ2v) is 5.08. The number of unbranched alkanes of at least 4 members (excludes halogenated alkanes) is 1. The number of hydrogen-bond donors (Lipinski definition) is 1. The van der Waals surface area contributed by atoms with E-state index >= 15 is 0 Å². The first-order valence-corrected chi connectivity index (χ1v) is 6.06.